The Morgan fingerprint density at radius 1 is 1.25 bits per heavy atom. The maximum absolute atomic E-state index is 12.0. The fourth-order valence-electron chi connectivity index (χ4n) is 2.49. The van der Waals surface area contributed by atoms with Crippen molar-refractivity contribution >= 4 is 11.7 Å². The van der Waals surface area contributed by atoms with Crippen LogP contribution in [0, 0.1) is 0 Å². The second-order valence-corrected chi connectivity index (χ2v) is 4.79. The number of aliphatic hydroxyl groups excluding tert-OH is 1. The Morgan fingerprint density at radius 3 is 2.90 bits per heavy atom. The number of aromatic nitrogens is 1. The van der Waals surface area contributed by atoms with Crippen LogP contribution in [0.5, 0.6) is 0 Å². The fourth-order valence-corrected chi connectivity index (χ4v) is 2.49. The minimum atomic E-state index is -0.591. The predicted molar refractivity (Wildman–Crippen MR) is 75.3 cm³/mol. The van der Waals surface area contributed by atoms with Crippen LogP contribution in [0.3, 0.4) is 0 Å². The van der Waals surface area contributed by atoms with Crippen LogP contribution in [0.2, 0.25) is 0 Å². The van der Waals surface area contributed by atoms with Gasteiger partial charge < -0.3 is 15.7 Å². The van der Waals surface area contributed by atoms with Crippen LogP contribution in [-0.4, -0.2) is 22.2 Å². The van der Waals surface area contributed by atoms with E-state index in [0.29, 0.717) is 12.1 Å². The molecule has 2 amide bonds. The van der Waals surface area contributed by atoms with Crippen LogP contribution < -0.4 is 10.6 Å². The van der Waals surface area contributed by atoms with Gasteiger partial charge in [0.05, 0.1) is 24.0 Å². The van der Waals surface area contributed by atoms with Crippen LogP contribution in [0.4, 0.5) is 10.5 Å². The van der Waals surface area contributed by atoms with E-state index in [4.69, 9.17) is 0 Å². The Labute approximate surface area is 116 Å². The molecule has 0 spiro atoms. The number of hydrogen-bond acceptors (Lipinski definition) is 3. The number of anilines is 1. The van der Waals surface area contributed by atoms with Crippen LogP contribution in [0.1, 0.15) is 17.2 Å². The van der Waals surface area contributed by atoms with Crippen molar-refractivity contribution in [1.82, 2.24) is 10.3 Å². The molecule has 0 bridgehead atoms. The molecule has 0 unspecified atom stereocenters. The zero-order valence-electron chi connectivity index (χ0n) is 10.8. The second kappa shape index (κ2) is 5.30. The summed E-state index contributed by atoms with van der Waals surface area (Å²) in [5.74, 6) is 0. The van der Waals surface area contributed by atoms with Gasteiger partial charge in [0, 0.05) is 12.6 Å². The van der Waals surface area contributed by atoms with E-state index >= 15 is 0 Å². The van der Waals surface area contributed by atoms with Gasteiger partial charge in [0.25, 0.3) is 0 Å². The summed E-state index contributed by atoms with van der Waals surface area (Å²) >= 11 is 0. The molecule has 1 aromatic heterocycles. The summed E-state index contributed by atoms with van der Waals surface area (Å²) in [5, 5.41) is 15.6. The molecule has 0 aliphatic heterocycles. The average Bonchev–Trinajstić information content (AvgIpc) is 2.76. The quantitative estimate of drug-likeness (QED) is 0.779. The SMILES string of the molecule is O=C(Nc1cccnc1)N[C@@H]1c2ccccc2C[C@@H]1O. The summed E-state index contributed by atoms with van der Waals surface area (Å²) in [6.07, 6.45) is 3.18. The number of carbonyl (C=O) groups is 1. The molecule has 0 saturated heterocycles. The van der Waals surface area contributed by atoms with Crippen LogP contribution in [-0.2, 0) is 6.42 Å². The highest BCUT2D eigenvalue weighted by atomic mass is 16.3. The van der Waals surface area contributed by atoms with E-state index in [1.165, 1.54) is 0 Å². The highest BCUT2D eigenvalue weighted by molar-refractivity contribution is 5.89. The van der Waals surface area contributed by atoms with Gasteiger partial charge in [-0.25, -0.2) is 4.79 Å². The lowest BCUT2D eigenvalue weighted by molar-refractivity contribution is 0.144. The number of rotatable bonds is 2. The van der Waals surface area contributed by atoms with E-state index in [2.05, 4.69) is 15.6 Å². The topological polar surface area (TPSA) is 74.2 Å². The van der Waals surface area contributed by atoms with Crippen molar-refractivity contribution < 1.29 is 9.90 Å². The Hall–Kier alpha value is -2.40. The summed E-state index contributed by atoms with van der Waals surface area (Å²) in [5.41, 5.74) is 2.67. The van der Waals surface area contributed by atoms with Gasteiger partial charge in [0.15, 0.2) is 0 Å². The van der Waals surface area contributed by atoms with E-state index < -0.39 is 6.10 Å². The third kappa shape index (κ3) is 2.48. The normalized spacial score (nSPS) is 20.2. The fraction of sp³-hybridized carbons (Fsp3) is 0.200. The number of aliphatic hydroxyl groups is 1. The number of fused-ring (bicyclic) bond motifs is 1. The Kier molecular flexibility index (Phi) is 3.35. The van der Waals surface area contributed by atoms with Crippen molar-refractivity contribution in [2.24, 2.45) is 0 Å². The summed E-state index contributed by atoms with van der Waals surface area (Å²) in [4.78, 5) is 15.9. The highest BCUT2D eigenvalue weighted by Crippen LogP contribution is 2.31. The number of carbonyl (C=O) groups excluding carboxylic acids is 1. The van der Waals surface area contributed by atoms with Gasteiger partial charge in [-0.15, -0.1) is 0 Å². The van der Waals surface area contributed by atoms with Gasteiger partial charge in [0.1, 0.15) is 0 Å². The first kappa shape index (κ1) is 12.6. The molecular formula is C15H15N3O2. The van der Waals surface area contributed by atoms with Crippen molar-refractivity contribution in [2.45, 2.75) is 18.6 Å². The minimum Gasteiger partial charge on any atom is -0.390 e. The molecule has 20 heavy (non-hydrogen) atoms. The maximum Gasteiger partial charge on any atom is 0.319 e. The molecule has 1 aromatic carbocycles. The van der Waals surface area contributed by atoms with E-state index in [1.807, 2.05) is 24.3 Å². The smallest absolute Gasteiger partial charge is 0.319 e. The largest absolute Gasteiger partial charge is 0.390 e. The average molecular weight is 269 g/mol. The summed E-state index contributed by atoms with van der Waals surface area (Å²) in [6, 6.07) is 10.5. The van der Waals surface area contributed by atoms with Crippen molar-refractivity contribution in [3.8, 4) is 0 Å². The molecule has 5 heteroatoms. The number of amides is 2. The molecule has 102 valence electrons. The van der Waals surface area contributed by atoms with Gasteiger partial charge in [-0.1, -0.05) is 24.3 Å². The van der Waals surface area contributed by atoms with E-state index in [0.717, 1.165) is 11.1 Å². The zero-order chi connectivity index (χ0) is 13.9. The van der Waals surface area contributed by atoms with E-state index in [1.54, 1.807) is 24.5 Å². The number of benzene rings is 1. The maximum atomic E-state index is 12.0. The number of nitrogens with zero attached hydrogens (tertiary/aromatic N) is 1. The van der Waals surface area contributed by atoms with Gasteiger partial charge in [-0.3, -0.25) is 4.98 Å². The first-order chi connectivity index (χ1) is 9.74. The van der Waals surface area contributed by atoms with Crippen LogP contribution >= 0.6 is 0 Å². The lowest BCUT2D eigenvalue weighted by Crippen LogP contribution is -2.36. The molecule has 0 saturated carbocycles. The number of nitrogens with one attached hydrogen (secondary N) is 2. The first-order valence-corrected chi connectivity index (χ1v) is 6.47. The minimum absolute atomic E-state index is 0.348. The van der Waals surface area contributed by atoms with Crippen LogP contribution in [0.15, 0.2) is 48.8 Å². The molecule has 5 nitrogen and oxygen atoms in total. The second-order valence-electron chi connectivity index (χ2n) is 4.79. The standard InChI is InChI=1S/C15H15N3O2/c19-13-8-10-4-1-2-6-12(10)14(13)18-15(20)17-11-5-3-7-16-9-11/h1-7,9,13-14,19H,8H2,(H2,17,18,20)/t13-,14+/m0/s1. The predicted octanol–water partition coefficient (Wildman–Crippen LogP) is 1.86. The molecule has 3 N–H and O–H groups in total. The number of urea groups is 1. The third-order valence-corrected chi connectivity index (χ3v) is 3.41. The Morgan fingerprint density at radius 2 is 2.10 bits per heavy atom. The van der Waals surface area contributed by atoms with Gasteiger partial charge in [-0.2, -0.15) is 0 Å². The molecular weight excluding hydrogens is 254 g/mol. The van der Waals surface area contributed by atoms with Gasteiger partial charge >= 0.3 is 6.03 Å². The highest BCUT2D eigenvalue weighted by Gasteiger charge is 2.31. The molecule has 1 heterocycles. The lowest BCUT2D eigenvalue weighted by atomic mass is 10.1. The monoisotopic (exact) mass is 269 g/mol. The molecule has 0 radical (unpaired) electrons. The number of hydrogen-bond donors (Lipinski definition) is 3. The molecule has 3 rings (SSSR count). The molecule has 1 aliphatic rings. The van der Waals surface area contributed by atoms with Crippen molar-refractivity contribution in [3.63, 3.8) is 0 Å². The summed E-state index contributed by atoms with van der Waals surface area (Å²) < 4.78 is 0. The first-order valence-electron chi connectivity index (χ1n) is 6.47. The molecule has 1 aliphatic carbocycles. The van der Waals surface area contributed by atoms with E-state index in [-0.39, 0.29) is 12.1 Å². The third-order valence-electron chi connectivity index (χ3n) is 3.41. The van der Waals surface area contributed by atoms with Crippen LogP contribution in [0.25, 0.3) is 0 Å². The van der Waals surface area contributed by atoms with E-state index in [9.17, 15) is 9.90 Å². The van der Waals surface area contributed by atoms with Gasteiger partial charge in [-0.05, 0) is 23.3 Å². The molecule has 2 aromatic rings. The van der Waals surface area contributed by atoms with Crippen molar-refractivity contribution in [3.05, 3.63) is 59.9 Å². The Balaban J connectivity index is 1.70. The molecule has 0 fully saturated rings. The van der Waals surface area contributed by atoms with Crippen molar-refractivity contribution in [1.29, 1.82) is 0 Å². The lowest BCUT2D eigenvalue weighted by Gasteiger charge is -2.18. The van der Waals surface area contributed by atoms with Crippen molar-refractivity contribution in [2.75, 3.05) is 5.32 Å². The Bertz CT molecular complexity index is 616. The van der Waals surface area contributed by atoms with Gasteiger partial charge in [0.2, 0.25) is 0 Å². The molecule has 2 atom stereocenters. The summed E-state index contributed by atoms with van der Waals surface area (Å²) in [6.45, 7) is 0. The number of pyridine rings is 1. The zero-order valence-corrected chi connectivity index (χ0v) is 10.8. The summed E-state index contributed by atoms with van der Waals surface area (Å²) in [7, 11) is 0.